The van der Waals surface area contributed by atoms with Crippen molar-refractivity contribution >= 4 is 37.3 Å². The van der Waals surface area contributed by atoms with E-state index >= 15 is 0 Å². The predicted octanol–water partition coefficient (Wildman–Crippen LogP) is 1.41. The van der Waals surface area contributed by atoms with Crippen LogP contribution in [0.4, 0.5) is 0 Å². The molecule has 1 aromatic heterocycles. The minimum Gasteiger partial charge on any atom is -0.313 e. The molecule has 1 N–H and O–H groups in total. The Hall–Kier alpha value is 0.0500. The van der Waals surface area contributed by atoms with E-state index in [2.05, 4.69) is 21.2 Å². The van der Waals surface area contributed by atoms with E-state index < -0.39 is 10.0 Å². The number of nitrogens with zero attached hydrogens (tertiary/aromatic N) is 1. The van der Waals surface area contributed by atoms with E-state index in [4.69, 9.17) is 0 Å². The van der Waals surface area contributed by atoms with Gasteiger partial charge in [0.25, 0.3) is 10.0 Å². The summed E-state index contributed by atoms with van der Waals surface area (Å²) in [6.45, 7) is 3.37. The van der Waals surface area contributed by atoms with Gasteiger partial charge in [-0.1, -0.05) is 0 Å². The van der Waals surface area contributed by atoms with Crippen molar-refractivity contribution in [2.75, 3.05) is 20.1 Å². The van der Waals surface area contributed by atoms with Gasteiger partial charge in [0, 0.05) is 26.2 Å². The smallest absolute Gasteiger partial charge is 0.252 e. The van der Waals surface area contributed by atoms with Gasteiger partial charge in [0.15, 0.2) is 0 Å². The number of sulfonamides is 1. The highest BCUT2D eigenvalue weighted by Gasteiger charge is 2.32. The first kappa shape index (κ1) is 12.5. The average Bonchev–Trinajstić information content (AvgIpc) is 2.44. The molecule has 1 saturated heterocycles. The Morgan fingerprint density at radius 2 is 2.19 bits per heavy atom. The number of nitrogens with one attached hydrogen (secondary N) is 1. The molecule has 2 rings (SSSR count). The molecule has 0 saturated carbocycles. The highest BCUT2D eigenvalue weighted by Crippen LogP contribution is 2.32. The van der Waals surface area contributed by atoms with Crippen LogP contribution in [0.2, 0.25) is 0 Å². The molecule has 16 heavy (non-hydrogen) atoms. The Morgan fingerprint density at radius 1 is 1.56 bits per heavy atom. The lowest BCUT2D eigenvalue weighted by molar-refractivity contribution is 0.274. The van der Waals surface area contributed by atoms with E-state index in [1.165, 1.54) is 15.6 Å². The Bertz CT molecular complexity index is 474. The maximum absolute atomic E-state index is 12.2. The van der Waals surface area contributed by atoms with Crippen LogP contribution >= 0.6 is 27.3 Å². The van der Waals surface area contributed by atoms with Crippen LogP contribution in [0, 0.1) is 6.92 Å². The summed E-state index contributed by atoms with van der Waals surface area (Å²) in [7, 11) is -1.68. The third kappa shape index (κ3) is 2.06. The number of rotatable bonds is 3. The second-order valence-electron chi connectivity index (χ2n) is 3.86. The van der Waals surface area contributed by atoms with Crippen LogP contribution < -0.4 is 5.32 Å². The van der Waals surface area contributed by atoms with E-state index in [9.17, 15) is 8.42 Å². The fourth-order valence-corrected chi connectivity index (χ4v) is 5.19. The lowest BCUT2D eigenvalue weighted by atomic mass is 10.2. The highest BCUT2D eigenvalue weighted by atomic mass is 79.9. The molecule has 0 radical (unpaired) electrons. The number of halogens is 1. The summed E-state index contributed by atoms with van der Waals surface area (Å²) in [6, 6.07) is 1.80. The number of hydrogen-bond acceptors (Lipinski definition) is 4. The normalized spacial score (nSPS) is 17.8. The summed E-state index contributed by atoms with van der Waals surface area (Å²) >= 11 is 4.62. The van der Waals surface area contributed by atoms with Crippen LogP contribution in [0.25, 0.3) is 0 Å². The molecule has 0 spiro atoms. The lowest BCUT2D eigenvalue weighted by Gasteiger charge is -2.34. The van der Waals surface area contributed by atoms with Crippen LogP contribution in [-0.4, -0.2) is 38.9 Å². The fourth-order valence-electron chi connectivity index (χ4n) is 1.43. The van der Waals surface area contributed by atoms with Crippen LogP contribution in [0.5, 0.6) is 0 Å². The first-order valence-corrected chi connectivity index (χ1v) is 7.92. The SMILES string of the molecule is Cc1cc(S(=O)(=O)N(C)C2CNC2)sc1Br. The van der Waals surface area contributed by atoms with Gasteiger partial charge in [0.05, 0.1) is 3.79 Å². The summed E-state index contributed by atoms with van der Waals surface area (Å²) in [4.78, 5) is 0. The average molecular weight is 325 g/mol. The van der Waals surface area contributed by atoms with Crippen LogP contribution in [0.15, 0.2) is 14.1 Å². The summed E-state index contributed by atoms with van der Waals surface area (Å²) in [5, 5.41) is 3.07. The molecule has 90 valence electrons. The van der Waals surface area contributed by atoms with Crippen molar-refractivity contribution in [2.24, 2.45) is 0 Å². The van der Waals surface area contributed by atoms with E-state index in [0.29, 0.717) is 4.21 Å². The zero-order valence-electron chi connectivity index (χ0n) is 9.03. The third-order valence-electron chi connectivity index (χ3n) is 2.74. The molecule has 0 unspecified atom stereocenters. The van der Waals surface area contributed by atoms with E-state index in [1.54, 1.807) is 13.1 Å². The van der Waals surface area contributed by atoms with Crippen LogP contribution in [0.1, 0.15) is 5.56 Å². The molecule has 0 atom stereocenters. The van der Waals surface area contributed by atoms with Crippen molar-refractivity contribution in [3.63, 3.8) is 0 Å². The molecule has 7 heteroatoms. The molecular formula is C9H13BrN2O2S2. The second-order valence-corrected chi connectivity index (χ2v) is 8.45. The minimum absolute atomic E-state index is 0.0891. The van der Waals surface area contributed by atoms with Crippen molar-refractivity contribution in [3.8, 4) is 0 Å². The summed E-state index contributed by atoms with van der Waals surface area (Å²) in [5.74, 6) is 0. The summed E-state index contributed by atoms with van der Waals surface area (Å²) < 4.78 is 27.2. The van der Waals surface area contributed by atoms with Crippen molar-refractivity contribution in [1.82, 2.24) is 9.62 Å². The fraction of sp³-hybridized carbons (Fsp3) is 0.556. The number of likely N-dealkylation sites (N-methyl/N-ethyl adjacent to an activating group) is 1. The lowest BCUT2D eigenvalue weighted by Crippen LogP contribution is -2.57. The number of aryl methyl sites for hydroxylation is 1. The molecule has 0 bridgehead atoms. The van der Waals surface area contributed by atoms with Crippen molar-refractivity contribution in [2.45, 2.75) is 17.2 Å². The van der Waals surface area contributed by atoms with E-state index in [0.717, 1.165) is 22.4 Å². The van der Waals surface area contributed by atoms with Gasteiger partial charge in [0.2, 0.25) is 0 Å². The Labute approximate surface area is 108 Å². The summed E-state index contributed by atoms with van der Waals surface area (Å²) in [5.41, 5.74) is 0.962. The van der Waals surface area contributed by atoms with E-state index in [-0.39, 0.29) is 6.04 Å². The van der Waals surface area contributed by atoms with Crippen molar-refractivity contribution in [1.29, 1.82) is 0 Å². The van der Waals surface area contributed by atoms with Crippen molar-refractivity contribution < 1.29 is 8.42 Å². The molecular weight excluding hydrogens is 312 g/mol. The maximum atomic E-state index is 12.2. The number of thiophene rings is 1. The van der Waals surface area contributed by atoms with Crippen LogP contribution in [0.3, 0.4) is 0 Å². The van der Waals surface area contributed by atoms with Gasteiger partial charge in [-0.05, 0) is 34.5 Å². The van der Waals surface area contributed by atoms with Gasteiger partial charge >= 0.3 is 0 Å². The maximum Gasteiger partial charge on any atom is 0.252 e. The molecule has 0 amide bonds. The van der Waals surface area contributed by atoms with Gasteiger partial charge < -0.3 is 5.32 Å². The topological polar surface area (TPSA) is 49.4 Å². The predicted molar refractivity (Wildman–Crippen MR) is 68.4 cm³/mol. The largest absolute Gasteiger partial charge is 0.313 e. The Balaban J connectivity index is 2.30. The van der Waals surface area contributed by atoms with Crippen molar-refractivity contribution in [3.05, 3.63) is 15.4 Å². The molecule has 1 aliphatic heterocycles. The molecule has 1 aliphatic rings. The van der Waals surface area contributed by atoms with Gasteiger partial charge in [-0.3, -0.25) is 0 Å². The molecule has 0 aliphatic carbocycles. The first-order chi connectivity index (χ1) is 7.43. The first-order valence-electron chi connectivity index (χ1n) is 4.87. The zero-order chi connectivity index (χ0) is 11.9. The second kappa shape index (κ2) is 4.38. The standard InChI is InChI=1S/C9H13BrN2O2S2/c1-6-3-8(15-9(6)10)16(13,14)12(2)7-4-11-5-7/h3,7,11H,4-5H2,1-2H3. The van der Waals surface area contributed by atoms with Gasteiger partial charge in [0.1, 0.15) is 4.21 Å². The highest BCUT2D eigenvalue weighted by molar-refractivity contribution is 9.11. The minimum atomic E-state index is -3.32. The van der Waals surface area contributed by atoms with Gasteiger partial charge in [-0.15, -0.1) is 11.3 Å². The molecule has 1 aromatic rings. The molecule has 4 nitrogen and oxygen atoms in total. The Morgan fingerprint density at radius 3 is 2.56 bits per heavy atom. The van der Waals surface area contributed by atoms with Gasteiger partial charge in [-0.25, -0.2) is 8.42 Å². The molecule has 0 aromatic carbocycles. The van der Waals surface area contributed by atoms with Gasteiger partial charge in [-0.2, -0.15) is 4.31 Å². The quantitative estimate of drug-likeness (QED) is 0.914. The zero-order valence-corrected chi connectivity index (χ0v) is 12.2. The third-order valence-corrected chi connectivity index (χ3v) is 7.24. The van der Waals surface area contributed by atoms with E-state index in [1.807, 2.05) is 6.92 Å². The summed E-state index contributed by atoms with van der Waals surface area (Å²) in [6.07, 6.45) is 0. The molecule has 1 fully saturated rings. The molecule has 2 heterocycles. The monoisotopic (exact) mass is 324 g/mol. The van der Waals surface area contributed by atoms with Crippen LogP contribution in [-0.2, 0) is 10.0 Å². The number of hydrogen-bond donors (Lipinski definition) is 1. The Kier molecular flexibility index (Phi) is 3.42.